The quantitative estimate of drug-likeness (QED) is 0.654. The summed E-state index contributed by atoms with van der Waals surface area (Å²) >= 11 is 5.87. The van der Waals surface area contributed by atoms with Crippen LogP contribution in [0.2, 0.25) is 5.02 Å². The topological polar surface area (TPSA) is 66.9 Å². The van der Waals surface area contributed by atoms with E-state index in [0.29, 0.717) is 36.5 Å². The van der Waals surface area contributed by atoms with Crippen molar-refractivity contribution in [2.45, 2.75) is 65.6 Å². The van der Waals surface area contributed by atoms with Gasteiger partial charge in [-0.15, -0.1) is 0 Å². The van der Waals surface area contributed by atoms with Crippen LogP contribution in [0.15, 0.2) is 24.3 Å². The minimum atomic E-state index is -0.818. The molecular formula is C22H31ClN2O4. The van der Waals surface area contributed by atoms with E-state index in [2.05, 4.69) is 0 Å². The average Bonchev–Trinajstić information content (AvgIpc) is 2.67. The molecule has 1 aromatic carbocycles. The number of benzene rings is 1. The number of ether oxygens (including phenoxy) is 1. The van der Waals surface area contributed by atoms with Crippen LogP contribution in [0.5, 0.6) is 0 Å². The fourth-order valence-corrected chi connectivity index (χ4v) is 3.86. The van der Waals surface area contributed by atoms with E-state index in [1.807, 2.05) is 27.7 Å². The lowest BCUT2D eigenvalue weighted by atomic mass is 9.96. The van der Waals surface area contributed by atoms with E-state index in [1.165, 1.54) is 0 Å². The molecule has 29 heavy (non-hydrogen) atoms. The Bertz CT molecular complexity index is 717. The third kappa shape index (κ3) is 5.95. The molecule has 0 aromatic heterocycles. The fourth-order valence-electron chi connectivity index (χ4n) is 3.73. The third-order valence-corrected chi connectivity index (χ3v) is 5.47. The van der Waals surface area contributed by atoms with Crippen LogP contribution in [-0.4, -0.2) is 58.9 Å². The molecule has 2 rings (SSSR count). The van der Waals surface area contributed by atoms with Crippen LogP contribution in [-0.2, 0) is 14.3 Å². The molecule has 0 radical (unpaired) electrons. The lowest BCUT2D eigenvalue weighted by Crippen LogP contribution is -2.48. The van der Waals surface area contributed by atoms with Crippen LogP contribution >= 0.6 is 11.6 Å². The molecule has 7 heteroatoms. The first kappa shape index (κ1) is 23.2. The summed E-state index contributed by atoms with van der Waals surface area (Å²) in [7, 11) is 0. The van der Waals surface area contributed by atoms with Crippen molar-refractivity contribution in [3.8, 4) is 0 Å². The molecule has 0 spiro atoms. The van der Waals surface area contributed by atoms with Crippen molar-refractivity contribution in [3.05, 3.63) is 34.9 Å². The van der Waals surface area contributed by atoms with Gasteiger partial charge in [0.1, 0.15) is 0 Å². The predicted molar refractivity (Wildman–Crippen MR) is 113 cm³/mol. The summed E-state index contributed by atoms with van der Waals surface area (Å²) < 4.78 is 5.48. The number of rotatable bonds is 6. The molecule has 0 bridgehead atoms. The number of likely N-dealkylation sites (tertiary alicyclic amines) is 1. The molecule has 6 nitrogen and oxygen atoms in total. The summed E-state index contributed by atoms with van der Waals surface area (Å²) in [6, 6.07) is 6.85. The zero-order chi connectivity index (χ0) is 21.7. The van der Waals surface area contributed by atoms with Gasteiger partial charge in [-0.1, -0.05) is 11.6 Å². The van der Waals surface area contributed by atoms with E-state index in [-0.39, 0.29) is 35.8 Å². The minimum absolute atomic E-state index is 0.0331. The average molecular weight is 423 g/mol. The van der Waals surface area contributed by atoms with Crippen molar-refractivity contribution in [2.75, 3.05) is 13.1 Å². The van der Waals surface area contributed by atoms with Crippen LogP contribution in [0, 0.1) is 5.92 Å². The van der Waals surface area contributed by atoms with Crippen LogP contribution < -0.4 is 0 Å². The Kier molecular flexibility index (Phi) is 8.08. The minimum Gasteiger partial charge on any atom is -0.452 e. The summed E-state index contributed by atoms with van der Waals surface area (Å²) in [5.74, 6) is -0.914. The molecule has 1 aromatic rings. The first-order valence-corrected chi connectivity index (χ1v) is 10.6. The van der Waals surface area contributed by atoms with E-state index in [1.54, 1.807) is 41.0 Å². The number of carbonyl (C=O) groups is 3. The molecule has 2 amide bonds. The SMILES string of the molecule is CC(OC(=O)C1CCN(C(=O)c2ccc(Cl)cc2)CC1)C(=O)N(C(C)C)C(C)C. The molecule has 1 unspecified atom stereocenters. The van der Waals surface area contributed by atoms with Gasteiger partial charge in [-0.3, -0.25) is 14.4 Å². The summed E-state index contributed by atoms with van der Waals surface area (Å²) in [4.78, 5) is 41.2. The normalized spacial score (nSPS) is 16.1. The van der Waals surface area contributed by atoms with Gasteiger partial charge in [-0.05, 0) is 71.7 Å². The number of piperidine rings is 1. The Labute approximate surface area is 178 Å². The van der Waals surface area contributed by atoms with Gasteiger partial charge in [0, 0.05) is 35.8 Å². The van der Waals surface area contributed by atoms with Gasteiger partial charge in [0.25, 0.3) is 11.8 Å². The molecule has 160 valence electrons. The number of esters is 1. The maximum Gasteiger partial charge on any atom is 0.309 e. The summed E-state index contributed by atoms with van der Waals surface area (Å²) in [6.07, 6.45) is 0.231. The Morgan fingerprint density at radius 3 is 2.00 bits per heavy atom. The fraction of sp³-hybridized carbons (Fsp3) is 0.591. The Morgan fingerprint density at radius 2 is 1.52 bits per heavy atom. The summed E-state index contributed by atoms with van der Waals surface area (Å²) in [5.41, 5.74) is 0.581. The van der Waals surface area contributed by atoms with Gasteiger partial charge in [0.2, 0.25) is 0 Å². The van der Waals surface area contributed by atoms with Crippen molar-refractivity contribution in [1.82, 2.24) is 9.80 Å². The molecule has 0 saturated carbocycles. The molecular weight excluding hydrogens is 392 g/mol. The van der Waals surface area contributed by atoms with Crippen molar-refractivity contribution >= 4 is 29.4 Å². The summed E-state index contributed by atoms with van der Waals surface area (Å²) in [5, 5.41) is 0.583. The first-order chi connectivity index (χ1) is 13.6. The highest BCUT2D eigenvalue weighted by Crippen LogP contribution is 2.22. The zero-order valence-electron chi connectivity index (χ0n) is 17.9. The zero-order valence-corrected chi connectivity index (χ0v) is 18.6. The van der Waals surface area contributed by atoms with Crippen LogP contribution in [0.1, 0.15) is 57.8 Å². The van der Waals surface area contributed by atoms with E-state index < -0.39 is 6.10 Å². The highest BCUT2D eigenvalue weighted by molar-refractivity contribution is 6.30. The largest absolute Gasteiger partial charge is 0.452 e. The highest BCUT2D eigenvalue weighted by Gasteiger charge is 2.32. The maximum absolute atomic E-state index is 12.7. The number of hydrogen-bond acceptors (Lipinski definition) is 4. The van der Waals surface area contributed by atoms with Gasteiger partial charge in [-0.25, -0.2) is 0 Å². The molecule has 1 fully saturated rings. The first-order valence-electron chi connectivity index (χ1n) is 10.2. The van der Waals surface area contributed by atoms with Crippen LogP contribution in [0.3, 0.4) is 0 Å². The predicted octanol–water partition coefficient (Wildman–Crippen LogP) is 3.77. The molecule has 1 aliphatic rings. The van der Waals surface area contributed by atoms with Gasteiger partial charge >= 0.3 is 5.97 Å². The monoisotopic (exact) mass is 422 g/mol. The van der Waals surface area contributed by atoms with Crippen molar-refractivity contribution in [3.63, 3.8) is 0 Å². The number of hydrogen-bond donors (Lipinski definition) is 0. The van der Waals surface area contributed by atoms with Crippen molar-refractivity contribution in [1.29, 1.82) is 0 Å². The van der Waals surface area contributed by atoms with E-state index in [4.69, 9.17) is 16.3 Å². The molecule has 1 saturated heterocycles. The second-order valence-electron chi connectivity index (χ2n) is 8.09. The Morgan fingerprint density at radius 1 is 1.00 bits per heavy atom. The lowest BCUT2D eigenvalue weighted by Gasteiger charge is -2.34. The van der Waals surface area contributed by atoms with Gasteiger partial charge in [-0.2, -0.15) is 0 Å². The molecule has 1 heterocycles. The number of halogens is 1. The van der Waals surface area contributed by atoms with Gasteiger partial charge in [0.15, 0.2) is 6.10 Å². The van der Waals surface area contributed by atoms with E-state index >= 15 is 0 Å². The molecule has 0 N–H and O–H groups in total. The second-order valence-corrected chi connectivity index (χ2v) is 8.52. The summed E-state index contributed by atoms with van der Waals surface area (Å²) in [6.45, 7) is 10.4. The lowest BCUT2D eigenvalue weighted by molar-refractivity contribution is -0.165. The van der Waals surface area contributed by atoms with Gasteiger partial charge < -0.3 is 14.5 Å². The van der Waals surface area contributed by atoms with E-state index in [9.17, 15) is 14.4 Å². The maximum atomic E-state index is 12.7. The second kappa shape index (κ2) is 10.1. The standard InChI is InChI=1S/C22H31ClN2O4/c1-14(2)25(15(3)4)20(26)16(5)29-22(28)18-10-12-24(13-11-18)21(27)17-6-8-19(23)9-7-17/h6-9,14-16,18H,10-13H2,1-5H3. The van der Waals surface area contributed by atoms with Crippen molar-refractivity contribution < 1.29 is 19.1 Å². The van der Waals surface area contributed by atoms with Crippen LogP contribution in [0.25, 0.3) is 0 Å². The smallest absolute Gasteiger partial charge is 0.309 e. The molecule has 0 aliphatic carbocycles. The highest BCUT2D eigenvalue weighted by atomic mass is 35.5. The molecule has 1 aliphatic heterocycles. The van der Waals surface area contributed by atoms with Gasteiger partial charge in [0.05, 0.1) is 5.92 Å². The molecule has 1 atom stereocenters. The Balaban J connectivity index is 1.88. The number of carbonyl (C=O) groups excluding carboxylic acids is 3. The third-order valence-electron chi connectivity index (χ3n) is 5.21. The van der Waals surface area contributed by atoms with E-state index in [0.717, 1.165) is 0 Å². The number of nitrogens with zero attached hydrogens (tertiary/aromatic N) is 2. The van der Waals surface area contributed by atoms with Crippen molar-refractivity contribution in [2.24, 2.45) is 5.92 Å². The Hall–Kier alpha value is -2.08. The number of amides is 2. The van der Waals surface area contributed by atoms with Crippen LogP contribution in [0.4, 0.5) is 0 Å².